The van der Waals surface area contributed by atoms with Crippen LogP contribution in [0.3, 0.4) is 0 Å². The van der Waals surface area contributed by atoms with Crippen molar-refractivity contribution < 1.29 is 44.6 Å². The summed E-state index contributed by atoms with van der Waals surface area (Å²) in [4.78, 5) is 13.8. The molecule has 0 fully saturated rings. The van der Waals surface area contributed by atoms with Gasteiger partial charge < -0.3 is 4.74 Å². The number of esters is 1. The van der Waals surface area contributed by atoms with Gasteiger partial charge in [-0.2, -0.15) is 26.0 Å². The predicted molar refractivity (Wildman–Crippen MR) is 151 cm³/mol. The number of hydrogen-bond acceptors (Lipinski definition) is 6. The molecule has 12 heteroatoms. The van der Waals surface area contributed by atoms with Gasteiger partial charge in [0.15, 0.2) is 11.4 Å². The second-order valence-electron chi connectivity index (χ2n) is 11.5. The summed E-state index contributed by atoms with van der Waals surface area (Å²) < 4.78 is 73.3. The fourth-order valence-corrected chi connectivity index (χ4v) is 6.70. The van der Waals surface area contributed by atoms with E-state index in [-0.39, 0.29) is 25.2 Å². The molecule has 0 radical (unpaired) electrons. The number of ether oxygens (including phenoxy) is 1. The zero-order valence-electron chi connectivity index (χ0n) is 24.0. The average molecular weight is 587 g/mol. The van der Waals surface area contributed by atoms with Crippen LogP contribution in [0, 0.1) is 0 Å². The van der Waals surface area contributed by atoms with Gasteiger partial charge in [-0.05, 0) is 34.1 Å². The lowest BCUT2D eigenvalue weighted by atomic mass is 9.73. The highest BCUT2D eigenvalue weighted by Crippen LogP contribution is 2.51. The van der Waals surface area contributed by atoms with Crippen molar-refractivity contribution in [3.63, 3.8) is 0 Å². The largest absolute Gasteiger partial charge is 0.462 e. The van der Waals surface area contributed by atoms with E-state index in [0.717, 1.165) is 53.3 Å². The van der Waals surface area contributed by atoms with E-state index in [1.54, 1.807) is 0 Å². The average Bonchev–Trinajstić information content (AvgIpc) is 3.11. The summed E-state index contributed by atoms with van der Waals surface area (Å²) in [6.07, 6.45) is 2.12. The first-order chi connectivity index (χ1) is 17.8. The summed E-state index contributed by atoms with van der Waals surface area (Å²) in [5.74, 6) is -1.44. The van der Waals surface area contributed by atoms with Crippen LogP contribution >= 0.6 is 0 Å². The molecule has 1 aromatic rings. The van der Waals surface area contributed by atoms with Crippen LogP contribution in [0.15, 0.2) is 6.07 Å². The van der Waals surface area contributed by atoms with Crippen molar-refractivity contribution in [1.82, 2.24) is 0 Å². The van der Waals surface area contributed by atoms with Crippen molar-refractivity contribution >= 4 is 49.0 Å². The summed E-state index contributed by atoms with van der Waals surface area (Å²) in [7, 11) is -8.29. The molecule has 0 atom stereocenters. The van der Waals surface area contributed by atoms with Crippen LogP contribution in [-0.2, 0) is 35.8 Å². The van der Waals surface area contributed by atoms with E-state index in [4.69, 9.17) is 9.29 Å². The highest BCUT2D eigenvalue weighted by molar-refractivity contribution is 7.86. The number of carbonyl (C=O) groups is 1. The molecule has 1 aromatic carbocycles. The monoisotopic (exact) mass is 586 g/mol. The molecule has 218 valence electrons. The Morgan fingerprint density at radius 1 is 0.821 bits per heavy atom. The third-order valence-corrected chi connectivity index (χ3v) is 9.85. The molecule has 0 aliphatic carbocycles. The molecule has 2 N–H and O–H groups in total. The van der Waals surface area contributed by atoms with Gasteiger partial charge in [0, 0.05) is 26.7 Å². The van der Waals surface area contributed by atoms with Crippen molar-refractivity contribution in [3.05, 3.63) is 22.8 Å². The molecule has 0 saturated heterocycles. The molecule has 0 aromatic heterocycles. The molecule has 0 saturated carbocycles. The number of fused-ring (bicyclic) bond motifs is 2. The molecule has 39 heavy (non-hydrogen) atoms. The molecule has 2 aliphatic heterocycles. The highest BCUT2D eigenvalue weighted by atomic mass is 32.2. The Hall–Kier alpha value is -2.15. The Kier molecular flexibility index (Phi) is 8.87. The van der Waals surface area contributed by atoms with Gasteiger partial charge in [0.25, 0.3) is 20.2 Å². The lowest BCUT2D eigenvalue weighted by molar-refractivity contribution is -0.447. The predicted octanol–water partition coefficient (Wildman–Crippen LogP) is 3.99. The first-order valence-electron chi connectivity index (χ1n) is 13.4. The Balaban J connectivity index is 2.21. The lowest BCUT2D eigenvalue weighted by Crippen LogP contribution is -2.32. The molecular formula is C27H42N2O8S2+2. The molecule has 2 heterocycles. The van der Waals surface area contributed by atoms with Crippen LogP contribution in [0.1, 0.15) is 95.6 Å². The minimum Gasteiger partial charge on any atom is -0.462 e. The van der Waals surface area contributed by atoms with Crippen LogP contribution < -0.4 is 0 Å². The number of hydrogen-bond donors (Lipinski definition) is 2. The first kappa shape index (κ1) is 31.4. The third kappa shape index (κ3) is 6.28. The minimum absolute atomic E-state index is 0.0325. The lowest BCUT2D eigenvalue weighted by Gasteiger charge is -2.23. The molecule has 0 amide bonds. The summed E-state index contributed by atoms with van der Waals surface area (Å²) in [5.41, 5.74) is 4.75. The Labute approximate surface area is 232 Å². The van der Waals surface area contributed by atoms with E-state index in [0.29, 0.717) is 12.1 Å². The van der Waals surface area contributed by atoms with E-state index in [1.807, 2.05) is 25.3 Å². The minimum atomic E-state index is -4.17. The van der Waals surface area contributed by atoms with Gasteiger partial charge in [0.2, 0.25) is 11.4 Å². The van der Waals surface area contributed by atoms with Gasteiger partial charge in [-0.1, -0.05) is 13.3 Å². The number of nitrogens with zero attached hydrogens (tertiary/aromatic N) is 2. The number of unbranched alkanes of at least 4 members (excludes halogenated alkanes) is 1. The van der Waals surface area contributed by atoms with Crippen LogP contribution in [-0.4, -0.2) is 83.7 Å². The fourth-order valence-electron chi connectivity index (χ4n) is 5.72. The zero-order chi connectivity index (χ0) is 29.6. The molecule has 0 spiro atoms. The standard InChI is InChI=1S/C27H40N2O8S2/c1-8-9-12-28-18(2)26(4,5)23-20(28)17-21-24(22(23)25(30)37-14-11-16-39(34,35)36)27(6,7)19(3)29(21)13-10-15-38(31,32)33/h17H,8-16H2,1-7H3/p+2. The molecule has 10 nitrogen and oxygen atoms in total. The van der Waals surface area contributed by atoms with Gasteiger partial charge in [-0.15, -0.1) is 0 Å². The SMILES string of the molecule is CCCC[N+]1=C(C)C(C)(C)c2c1cc1c(c2C(=O)OCCCS(=O)(=O)O)C(C)(C)C(C)=[N+]1CCCS(=O)(=O)O. The number of rotatable bonds is 12. The van der Waals surface area contributed by atoms with Crippen LogP contribution in [0.2, 0.25) is 0 Å². The topological polar surface area (TPSA) is 141 Å². The van der Waals surface area contributed by atoms with E-state index < -0.39 is 42.8 Å². The summed E-state index contributed by atoms with van der Waals surface area (Å²) in [5, 5.41) is 0. The number of carbonyl (C=O) groups excluding carboxylic acids is 1. The molecular weight excluding hydrogens is 544 g/mol. The van der Waals surface area contributed by atoms with E-state index in [2.05, 4.69) is 38.3 Å². The van der Waals surface area contributed by atoms with Crippen molar-refractivity contribution in [2.24, 2.45) is 0 Å². The van der Waals surface area contributed by atoms with Gasteiger partial charge in [0.1, 0.15) is 13.1 Å². The zero-order valence-corrected chi connectivity index (χ0v) is 25.6. The molecule has 2 aliphatic rings. The van der Waals surface area contributed by atoms with Crippen LogP contribution in [0.5, 0.6) is 0 Å². The van der Waals surface area contributed by atoms with Gasteiger partial charge in [-0.25, -0.2) is 4.79 Å². The summed E-state index contributed by atoms with van der Waals surface area (Å²) in [6.45, 7) is 15.3. The van der Waals surface area contributed by atoms with Crippen molar-refractivity contribution in [1.29, 1.82) is 0 Å². The van der Waals surface area contributed by atoms with E-state index in [1.165, 1.54) is 0 Å². The summed E-state index contributed by atoms with van der Waals surface area (Å²) in [6, 6.07) is 2.08. The van der Waals surface area contributed by atoms with Gasteiger partial charge >= 0.3 is 5.97 Å². The molecule has 0 unspecified atom stereocenters. The highest BCUT2D eigenvalue weighted by Gasteiger charge is 2.54. The van der Waals surface area contributed by atoms with Gasteiger partial charge in [-0.3, -0.25) is 9.11 Å². The van der Waals surface area contributed by atoms with Crippen molar-refractivity contribution in [3.8, 4) is 0 Å². The maximum atomic E-state index is 13.8. The quantitative estimate of drug-likeness (QED) is 0.162. The van der Waals surface area contributed by atoms with Crippen molar-refractivity contribution in [2.75, 3.05) is 31.2 Å². The third-order valence-electron chi connectivity index (χ3n) is 8.24. The Morgan fingerprint density at radius 2 is 1.26 bits per heavy atom. The molecule has 0 bridgehead atoms. The second-order valence-corrected chi connectivity index (χ2v) is 14.7. The second kappa shape index (κ2) is 11.0. The summed E-state index contributed by atoms with van der Waals surface area (Å²) >= 11 is 0. The van der Waals surface area contributed by atoms with Crippen molar-refractivity contribution in [2.45, 2.75) is 85.0 Å². The van der Waals surface area contributed by atoms with Crippen LogP contribution in [0.4, 0.5) is 11.4 Å². The van der Waals surface area contributed by atoms with E-state index in [9.17, 15) is 26.2 Å². The Morgan fingerprint density at radius 3 is 1.69 bits per heavy atom. The first-order valence-corrected chi connectivity index (χ1v) is 16.6. The normalized spacial score (nSPS) is 18.0. The smallest absolute Gasteiger partial charge is 0.339 e. The maximum absolute atomic E-state index is 13.8. The van der Waals surface area contributed by atoms with Crippen LogP contribution in [0.25, 0.3) is 0 Å². The van der Waals surface area contributed by atoms with Gasteiger partial charge in [0.05, 0.1) is 51.7 Å². The fraction of sp³-hybridized carbons (Fsp3) is 0.667. The number of benzene rings is 1. The maximum Gasteiger partial charge on any atom is 0.339 e. The Bertz CT molecular complexity index is 1450. The molecule has 3 rings (SSSR count). The van der Waals surface area contributed by atoms with E-state index >= 15 is 0 Å².